The molecule has 0 aliphatic carbocycles. The summed E-state index contributed by atoms with van der Waals surface area (Å²) in [6.45, 7) is 2.95. The van der Waals surface area contributed by atoms with Crippen LogP contribution in [0.25, 0.3) is 21.1 Å². The maximum atomic E-state index is 4.73. The Hall–Kier alpha value is -1.53. The van der Waals surface area contributed by atoms with Crippen LogP contribution in [0, 0.1) is 6.92 Å². The zero-order valence-electron chi connectivity index (χ0n) is 12.2. The number of thiazole rings is 1. The number of pyridine rings is 1. The molecule has 0 unspecified atom stereocenters. The highest BCUT2D eigenvalue weighted by Gasteiger charge is 2.12. The minimum Gasteiger partial charge on any atom is -1.00 e. The number of rotatable bonds is 2. The van der Waals surface area contributed by atoms with Crippen molar-refractivity contribution in [3.63, 3.8) is 0 Å². The fraction of sp³-hybridized carbons (Fsp3) is 0.111. The van der Waals surface area contributed by atoms with Crippen molar-refractivity contribution in [1.29, 1.82) is 0 Å². The molecule has 0 aliphatic heterocycles. The zero-order valence-corrected chi connectivity index (χ0v) is 15.1. The molecule has 0 fully saturated rings. The van der Waals surface area contributed by atoms with Crippen molar-refractivity contribution in [3.05, 3.63) is 71.4 Å². The zero-order chi connectivity index (χ0) is 14.2. The molecule has 0 amide bonds. The van der Waals surface area contributed by atoms with E-state index in [4.69, 9.17) is 4.98 Å². The van der Waals surface area contributed by atoms with E-state index in [1.54, 1.807) is 11.3 Å². The van der Waals surface area contributed by atoms with Crippen molar-refractivity contribution in [1.82, 2.24) is 4.98 Å². The number of benzene rings is 2. The molecule has 2 aromatic carbocycles. The van der Waals surface area contributed by atoms with E-state index in [0.717, 1.165) is 17.1 Å². The van der Waals surface area contributed by atoms with Crippen molar-refractivity contribution >= 4 is 32.5 Å². The molecule has 2 aromatic heterocycles. The highest BCUT2D eigenvalue weighted by Crippen LogP contribution is 2.21. The molecule has 0 aliphatic rings. The van der Waals surface area contributed by atoms with Gasteiger partial charge in [0.05, 0.1) is 10.2 Å². The van der Waals surface area contributed by atoms with Crippen LogP contribution in [0.5, 0.6) is 0 Å². The second-order valence-electron chi connectivity index (χ2n) is 5.27. The molecule has 0 radical (unpaired) electrons. The standard InChI is InChI=1S/C18H15N2S.HI/c1-13-8-9-16-14(11-13)5-4-10-20(16)12-18-19-15-6-2-3-7-17(15)21-18;/h2-11H,12H2,1H3;1H/q+1;/p-1. The third-order valence-electron chi connectivity index (χ3n) is 3.68. The molecule has 2 nitrogen and oxygen atoms in total. The third kappa shape index (κ3) is 2.85. The van der Waals surface area contributed by atoms with E-state index < -0.39 is 0 Å². The highest BCUT2D eigenvalue weighted by molar-refractivity contribution is 7.18. The highest BCUT2D eigenvalue weighted by atomic mass is 127. The summed E-state index contributed by atoms with van der Waals surface area (Å²) in [5.41, 5.74) is 3.64. The minimum absolute atomic E-state index is 0. The Morgan fingerprint density at radius 2 is 1.91 bits per heavy atom. The summed E-state index contributed by atoms with van der Waals surface area (Å²) in [4.78, 5) is 4.73. The summed E-state index contributed by atoms with van der Waals surface area (Å²) in [6, 6.07) is 19.2. The van der Waals surface area contributed by atoms with Gasteiger partial charge in [-0.3, -0.25) is 0 Å². The summed E-state index contributed by atoms with van der Waals surface area (Å²) in [5.74, 6) is 0. The molecule has 4 aromatic rings. The average Bonchev–Trinajstić information content (AvgIpc) is 2.89. The Bertz CT molecular complexity index is 913. The van der Waals surface area contributed by atoms with Gasteiger partial charge in [-0.05, 0) is 31.2 Å². The van der Waals surface area contributed by atoms with Gasteiger partial charge in [0, 0.05) is 17.5 Å². The smallest absolute Gasteiger partial charge is 0.212 e. The van der Waals surface area contributed by atoms with Crippen molar-refractivity contribution in [3.8, 4) is 0 Å². The van der Waals surface area contributed by atoms with Crippen LogP contribution < -0.4 is 28.5 Å². The predicted molar refractivity (Wildman–Crippen MR) is 87.6 cm³/mol. The molecule has 0 N–H and O–H groups in total. The van der Waals surface area contributed by atoms with E-state index >= 15 is 0 Å². The fourth-order valence-corrected chi connectivity index (χ4v) is 3.64. The van der Waals surface area contributed by atoms with E-state index in [-0.39, 0.29) is 24.0 Å². The van der Waals surface area contributed by atoms with Gasteiger partial charge >= 0.3 is 0 Å². The van der Waals surface area contributed by atoms with Crippen LogP contribution in [-0.4, -0.2) is 4.98 Å². The Morgan fingerprint density at radius 3 is 2.77 bits per heavy atom. The lowest BCUT2D eigenvalue weighted by atomic mass is 10.1. The fourth-order valence-electron chi connectivity index (χ4n) is 2.67. The van der Waals surface area contributed by atoms with Crippen LogP contribution in [-0.2, 0) is 6.54 Å². The quantitative estimate of drug-likeness (QED) is 0.352. The second-order valence-corrected chi connectivity index (χ2v) is 6.39. The normalized spacial score (nSPS) is 10.8. The van der Waals surface area contributed by atoms with Crippen LogP contribution >= 0.6 is 11.3 Å². The van der Waals surface area contributed by atoms with E-state index in [1.807, 2.05) is 6.07 Å². The van der Waals surface area contributed by atoms with Crippen LogP contribution in [0.1, 0.15) is 10.6 Å². The maximum absolute atomic E-state index is 4.73. The molecule has 2 heterocycles. The lowest BCUT2D eigenvalue weighted by Gasteiger charge is -2.00. The molecule has 0 atom stereocenters. The number of fused-ring (bicyclic) bond motifs is 2. The minimum atomic E-state index is 0. The molecule has 0 saturated heterocycles. The summed E-state index contributed by atoms with van der Waals surface area (Å²) >= 11 is 1.77. The lowest BCUT2D eigenvalue weighted by molar-refractivity contribution is -0.662. The van der Waals surface area contributed by atoms with Gasteiger partial charge in [-0.2, -0.15) is 4.57 Å². The van der Waals surface area contributed by atoms with E-state index in [0.29, 0.717) is 0 Å². The summed E-state index contributed by atoms with van der Waals surface area (Å²) in [7, 11) is 0. The van der Waals surface area contributed by atoms with Gasteiger partial charge < -0.3 is 24.0 Å². The first-order valence-corrected chi connectivity index (χ1v) is 7.84. The van der Waals surface area contributed by atoms with Gasteiger partial charge in [-0.15, -0.1) is 11.3 Å². The van der Waals surface area contributed by atoms with Gasteiger partial charge in [0.15, 0.2) is 11.2 Å². The van der Waals surface area contributed by atoms with Crippen molar-refractivity contribution < 1.29 is 28.5 Å². The van der Waals surface area contributed by atoms with E-state index in [1.165, 1.54) is 21.2 Å². The van der Waals surface area contributed by atoms with Gasteiger partial charge in [0.25, 0.3) is 0 Å². The number of aromatic nitrogens is 2. The lowest BCUT2D eigenvalue weighted by Crippen LogP contribution is -3.00. The monoisotopic (exact) mass is 418 g/mol. The number of hydrogen-bond acceptors (Lipinski definition) is 2. The first-order chi connectivity index (χ1) is 10.3. The van der Waals surface area contributed by atoms with Crippen LogP contribution in [0.2, 0.25) is 0 Å². The molecule has 0 spiro atoms. The number of aryl methyl sites for hydroxylation is 1. The Kier molecular flexibility index (Phi) is 4.40. The van der Waals surface area contributed by atoms with Gasteiger partial charge in [-0.1, -0.05) is 23.8 Å². The summed E-state index contributed by atoms with van der Waals surface area (Å²) in [5, 5.41) is 2.42. The molecule has 0 bridgehead atoms. The van der Waals surface area contributed by atoms with Gasteiger partial charge in [0.1, 0.15) is 0 Å². The van der Waals surface area contributed by atoms with Crippen molar-refractivity contribution in [2.75, 3.05) is 0 Å². The first-order valence-electron chi connectivity index (χ1n) is 7.03. The molecule has 22 heavy (non-hydrogen) atoms. The molecule has 4 heteroatoms. The summed E-state index contributed by atoms with van der Waals surface area (Å²) in [6.07, 6.45) is 2.13. The Morgan fingerprint density at radius 1 is 1.05 bits per heavy atom. The number of hydrogen-bond donors (Lipinski definition) is 0. The molecule has 110 valence electrons. The SMILES string of the molecule is Cc1ccc2c(ccc[n+]2Cc2nc3ccccc3s2)c1.[I-]. The first kappa shape index (κ1) is 15.4. The van der Waals surface area contributed by atoms with Gasteiger partial charge in [-0.25, -0.2) is 4.98 Å². The number of para-hydroxylation sites is 1. The maximum Gasteiger partial charge on any atom is 0.212 e. The summed E-state index contributed by atoms with van der Waals surface area (Å²) < 4.78 is 3.52. The van der Waals surface area contributed by atoms with Crippen LogP contribution in [0.15, 0.2) is 60.8 Å². The topological polar surface area (TPSA) is 16.8 Å². The molecular weight excluding hydrogens is 403 g/mol. The molecule has 4 rings (SSSR count). The number of nitrogens with zero attached hydrogens (tertiary/aromatic N) is 2. The average molecular weight is 418 g/mol. The Balaban J connectivity index is 0.00000144. The third-order valence-corrected chi connectivity index (χ3v) is 4.70. The number of halogens is 1. The Labute approximate surface area is 150 Å². The molecule has 0 saturated carbocycles. The molecular formula is C18H15IN2S. The van der Waals surface area contributed by atoms with E-state index in [9.17, 15) is 0 Å². The largest absolute Gasteiger partial charge is 1.00 e. The van der Waals surface area contributed by atoms with Crippen molar-refractivity contribution in [2.24, 2.45) is 0 Å². The van der Waals surface area contributed by atoms with Crippen molar-refractivity contribution in [2.45, 2.75) is 13.5 Å². The van der Waals surface area contributed by atoms with E-state index in [2.05, 4.69) is 66.2 Å². The van der Waals surface area contributed by atoms with Crippen LogP contribution in [0.3, 0.4) is 0 Å². The van der Waals surface area contributed by atoms with Gasteiger partial charge in [0.2, 0.25) is 12.1 Å². The predicted octanol–water partition coefficient (Wildman–Crippen LogP) is 1.10. The van der Waals surface area contributed by atoms with Crippen LogP contribution in [0.4, 0.5) is 0 Å². The second kappa shape index (κ2) is 6.30.